The highest BCUT2D eigenvalue weighted by atomic mass is 15.1. The van der Waals surface area contributed by atoms with Gasteiger partial charge in [0.1, 0.15) is 0 Å². The summed E-state index contributed by atoms with van der Waals surface area (Å²) in [5.41, 5.74) is 14.8. The van der Waals surface area contributed by atoms with Crippen molar-refractivity contribution < 1.29 is 0 Å². The van der Waals surface area contributed by atoms with Crippen LogP contribution in [0.15, 0.2) is 140 Å². The minimum atomic E-state index is 1.10. The first-order chi connectivity index (χ1) is 17.8. The van der Waals surface area contributed by atoms with Crippen molar-refractivity contribution in [3.05, 3.63) is 156 Å². The Morgan fingerprint density at radius 1 is 0.444 bits per heavy atom. The van der Waals surface area contributed by atoms with Crippen molar-refractivity contribution in [2.45, 2.75) is 0 Å². The third-order valence-corrected chi connectivity index (χ3v) is 6.10. The minimum absolute atomic E-state index is 1.10. The van der Waals surface area contributed by atoms with Crippen LogP contribution in [0.1, 0.15) is 16.7 Å². The molecule has 0 amide bonds. The van der Waals surface area contributed by atoms with E-state index in [9.17, 15) is 0 Å². The molecule has 0 saturated carbocycles. The molecule has 2 nitrogen and oxygen atoms in total. The summed E-state index contributed by atoms with van der Waals surface area (Å²) < 4.78 is 0. The standard InChI is InChI=1S/C34H28N2/c35-26-25-30-14-10-13-29(34(30)28-11-4-1-5-12-28)22-19-27-20-23-33(24-21-27)36(31-15-6-2-7-16-31)32-17-8-3-9-18-32/h1-26H,35H2. The van der Waals surface area contributed by atoms with Crippen molar-refractivity contribution in [3.63, 3.8) is 0 Å². The van der Waals surface area contributed by atoms with Gasteiger partial charge in [0.25, 0.3) is 0 Å². The van der Waals surface area contributed by atoms with Crippen LogP contribution in [0.25, 0.3) is 29.4 Å². The van der Waals surface area contributed by atoms with Crippen molar-refractivity contribution in [1.29, 1.82) is 0 Å². The SMILES string of the molecule is NC=Cc1cccc(C=Cc2ccc(N(c3ccccc3)c3ccccc3)cc2)c1-c1ccccc1. The lowest BCUT2D eigenvalue weighted by atomic mass is 9.93. The van der Waals surface area contributed by atoms with Gasteiger partial charge in [0.15, 0.2) is 0 Å². The Balaban J connectivity index is 1.48. The van der Waals surface area contributed by atoms with Crippen LogP contribution < -0.4 is 10.6 Å². The number of para-hydroxylation sites is 2. The fourth-order valence-electron chi connectivity index (χ4n) is 4.43. The van der Waals surface area contributed by atoms with Gasteiger partial charge in [-0.25, -0.2) is 0 Å². The van der Waals surface area contributed by atoms with Crippen molar-refractivity contribution in [3.8, 4) is 11.1 Å². The van der Waals surface area contributed by atoms with E-state index < -0.39 is 0 Å². The maximum Gasteiger partial charge on any atom is 0.0462 e. The summed E-state index contributed by atoms with van der Waals surface area (Å²) in [6, 6.07) is 46.3. The Morgan fingerprint density at radius 2 is 0.944 bits per heavy atom. The summed E-state index contributed by atoms with van der Waals surface area (Å²) in [5, 5.41) is 0. The Bertz CT molecular complexity index is 1410. The van der Waals surface area contributed by atoms with Gasteiger partial charge < -0.3 is 10.6 Å². The molecule has 0 spiro atoms. The third kappa shape index (κ3) is 5.13. The van der Waals surface area contributed by atoms with E-state index in [1.165, 1.54) is 11.1 Å². The predicted octanol–water partition coefficient (Wildman–Crippen LogP) is 8.92. The number of hydrogen-bond donors (Lipinski definition) is 1. The first kappa shape index (κ1) is 22.9. The van der Waals surface area contributed by atoms with Gasteiger partial charge in [-0.3, -0.25) is 0 Å². The van der Waals surface area contributed by atoms with E-state index in [0.717, 1.165) is 33.8 Å². The molecule has 0 aliphatic rings. The second kappa shape index (κ2) is 11.1. The fraction of sp³-hybridized carbons (Fsp3) is 0. The number of benzene rings is 5. The van der Waals surface area contributed by atoms with E-state index in [1.807, 2.05) is 24.3 Å². The normalized spacial score (nSPS) is 11.2. The number of anilines is 3. The van der Waals surface area contributed by atoms with Crippen LogP contribution in [0.4, 0.5) is 17.1 Å². The number of rotatable bonds is 7. The van der Waals surface area contributed by atoms with Gasteiger partial charge in [-0.15, -0.1) is 0 Å². The average Bonchev–Trinajstić information content (AvgIpc) is 2.95. The first-order valence-corrected chi connectivity index (χ1v) is 12.1. The zero-order valence-corrected chi connectivity index (χ0v) is 20.0. The van der Waals surface area contributed by atoms with Gasteiger partial charge in [-0.05, 0) is 76.5 Å². The molecule has 0 aliphatic carbocycles. The molecule has 0 aromatic heterocycles. The molecule has 0 fully saturated rings. The Morgan fingerprint density at radius 3 is 1.50 bits per heavy atom. The molecule has 5 aromatic rings. The van der Waals surface area contributed by atoms with E-state index in [4.69, 9.17) is 5.73 Å². The molecule has 0 saturated heterocycles. The van der Waals surface area contributed by atoms with E-state index in [0.29, 0.717) is 0 Å². The molecule has 0 atom stereocenters. The Hall–Kier alpha value is -4.82. The monoisotopic (exact) mass is 464 g/mol. The smallest absolute Gasteiger partial charge is 0.0462 e. The van der Waals surface area contributed by atoms with Gasteiger partial charge in [-0.2, -0.15) is 0 Å². The topological polar surface area (TPSA) is 29.3 Å². The van der Waals surface area contributed by atoms with E-state index in [2.05, 4.69) is 132 Å². The Kier molecular flexibility index (Phi) is 7.06. The largest absolute Gasteiger partial charge is 0.405 e. The molecule has 0 unspecified atom stereocenters. The fourth-order valence-corrected chi connectivity index (χ4v) is 4.43. The van der Waals surface area contributed by atoms with Crippen LogP contribution >= 0.6 is 0 Å². The zero-order chi connectivity index (χ0) is 24.6. The maximum atomic E-state index is 5.74. The van der Waals surface area contributed by atoms with Crippen LogP contribution in [-0.4, -0.2) is 0 Å². The summed E-state index contributed by atoms with van der Waals surface area (Å²) in [6.45, 7) is 0. The second-order valence-electron chi connectivity index (χ2n) is 8.47. The lowest BCUT2D eigenvalue weighted by molar-refractivity contribution is 1.28. The molecule has 0 bridgehead atoms. The average molecular weight is 465 g/mol. The molecule has 2 N–H and O–H groups in total. The van der Waals surface area contributed by atoms with Crippen molar-refractivity contribution >= 4 is 35.3 Å². The predicted molar refractivity (Wildman–Crippen MR) is 155 cm³/mol. The molecule has 5 rings (SSSR count). The maximum absolute atomic E-state index is 5.74. The van der Waals surface area contributed by atoms with Crippen LogP contribution in [0.2, 0.25) is 0 Å². The van der Waals surface area contributed by atoms with Crippen LogP contribution in [0.3, 0.4) is 0 Å². The molecular weight excluding hydrogens is 436 g/mol. The molecule has 174 valence electrons. The summed E-state index contributed by atoms with van der Waals surface area (Å²) >= 11 is 0. The van der Waals surface area contributed by atoms with Gasteiger partial charge in [0, 0.05) is 17.1 Å². The van der Waals surface area contributed by atoms with Gasteiger partial charge in [0.05, 0.1) is 0 Å². The zero-order valence-electron chi connectivity index (χ0n) is 20.0. The quantitative estimate of drug-likeness (QED) is 0.244. The molecule has 5 aromatic carbocycles. The molecule has 36 heavy (non-hydrogen) atoms. The highest BCUT2D eigenvalue weighted by molar-refractivity contribution is 5.86. The van der Waals surface area contributed by atoms with Crippen molar-refractivity contribution in [2.24, 2.45) is 5.73 Å². The van der Waals surface area contributed by atoms with Gasteiger partial charge in [0.2, 0.25) is 0 Å². The molecule has 0 aliphatic heterocycles. The first-order valence-electron chi connectivity index (χ1n) is 12.1. The number of nitrogens with two attached hydrogens (primary N) is 1. The second-order valence-corrected chi connectivity index (χ2v) is 8.47. The molecule has 0 heterocycles. The van der Waals surface area contributed by atoms with Crippen LogP contribution in [0, 0.1) is 0 Å². The number of hydrogen-bond acceptors (Lipinski definition) is 2. The summed E-state index contributed by atoms with van der Waals surface area (Å²) in [5.74, 6) is 0. The lowest BCUT2D eigenvalue weighted by Crippen LogP contribution is -2.09. The summed E-state index contributed by atoms with van der Waals surface area (Å²) in [6.07, 6.45) is 7.89. The van der Waals surface area contributed by atoms with Crippen LogP contribution in [0.5, 0.6) is 0 Å². The van der Waals surface area contributed by atoms with E-state index in [1.54, 1.807) is 6.20 Å². The highest BCUT2D eigenvalue weighted by Gasteiger charge is 2.11. The number of nitrogens with zero attached hydrogens (tertiary/aromatic N) is 1. The lowest BCUT2D eigenvalue weighted by Gasteiger charge is -2.25. The van der Waals surface area contributed by atoms with Crippen molar-refractivity contribution in [2.75, 3.05) is 4.90 Å². The molecule has 0 radical (unpaired) electrons. The summed E-state index contributed by atoms with van der Waals surface area (Å²) in [7, 11) is 0. The van der Waals surface area contributed by atoms with Crippen molar-refractivity contribution in [1.82, 2.24) is 0 Å². The molecular formula is C34H28N2. The van der Waals surface area contributed by atoms with Gasteiger partial charge >= 0.3 is 0 Å². The minimum Gasteiger partial charge on any atom is -0.405 e. The highest BCUT2D eigenvalue weighted by Crippen LogP contribution is 2.34. The third-order valence-electron chi connectivity index (χ3n) is 6.10. The van der Waals surface area contributed by atoms with E-state index in [-0.39, 0.29) is 0 Å². The van der Waals surface area contributed by atoms with E-state index >= 15 is 0 Å². The van der Waals surface area contributed by atoms with Crippen LogP contribution in [-0.2, 0) is 0 Å². The van der Waals surface area contributed by atoms with Gasteiger partial charge in [-0.1, -0.05) is 109 Å². The summed E-state index contributed by atoms with van der Waals surface area (Å²) in [4.78, 5) is 2.27. The Labute approximate surface area is 213 Å². The molecule has 2 heteroatoms.